The molecule has 1 unspecified atom stereocenters. The number of hydrogen-bond donors (Lipinski definition) is 1. The molecule has 0 radical (unpaired) electrons. The Kier molecular flexibility index (Phi) is 7.25. The van der Waals surface area contributed by atoms with Gasteiger partial charge in [-0.3, -0.25) is 4.90 Å². The van der Waals surface area contributed by atoms with Gasteiger partial charge < -0.3 is 5.32 Å². The van der Waals surface area contributed by atoms with Crippen LogP contribution in [0, 0.1) is 12.3 Å². The van der Waals surface area contributed by atoms with E-state index < -0.39 is 0 Å². The SMILES string of the molecule is C#CCN(CCC)Cc1ccc(C(C)CNC)cc1. The predicted molar refractivity (Wildman–Crippen MR) is 83.2 cm³/mol. The van der Waals surface area contributed by atoms with E-state index in [-0.39, 0.29) is 0 Å². The van der Waals surface area contributed by atoms with Crippen molar-refractivity contribution >= 4 is 0 Å². The minimum atomic E-state index is 0.552. The second-order valence-corrected chi connectivity index (χ2v) is 5.12. The van der Waals surface area contributed by atoms with Crippen LogP contribution in [-0.4, -0.2) is 31.6 Å². The Balaban J connectivity index is 2.62. The first-order valence-corrected chi connectivity index (χ1v) is 7.10. The molecule has 0 aliphatic carbocycles. The highest BCUT2D eigenvalue weighted by molar-refractivity contribution is 5.25. The fourth-order valence-electron chi connectivity index (χ4n) is 2.29. The highest BCUT2D eigenvalue weighted by Crippen LogP contribution is 2.16. The summed E-state index contributed by atoms with van der Waals surface area (Å²) in [6.07, 6.45) is 6.55. The predicted octanol–water partition coefficient (Wildman–Crippen LogP) is 2.85. The Labute approximate surface area is 118 Å². The Hall–Kier alpha value is -1.30. The van der Waals surface area contributed by atoms with E-state index in [1.54, 1.807) is 0 Å². The molecule has 0 aliphatic rings. The smallest absolute Gasteiger partial charge is 0.0601 e. The molecule has 1 aromatic carbocycles. The number of hydrogen-bond acceptors (Lipinski definition) is 2. The van der Waals surface area contributed by atoms with Crippen molar-refractivity contribution in [3.8, 4) is 12.3 Å². The molecule has 0 aliphatic heterocycles. The van der Waals surface area contributed by atoms with Gasteiger partial charge in [0.25, 0.3) is 0 Å². The van der Waals surface area contributed by atoms with Crippen molar-refractivity contribution < 1.29 is 0 Å². The summed E-state index contributed by atoms with van der Waals surface area (Å²) < 4.78 is 0. The van der Waals surface area contributed by atoms with Crippen LogP contribution >= 0.6 is 0 Å². The maximum atomic E-state index is 5.41. The third kappa shape index (κ3) is 5.46. The molecule has 1 rings (SSSR count). The van der Waals surface area contributed by atoms with Crippen molar-refractivity contribution in [1.82, 2.24) is 10.2 Å². The number of terminal acetylenes is 1. The molecule has 1 aromatic rings. The van der Waals surface area contributed by atoms with Crippen molar-refractivity contribution in [3.63, 3.8) is 0 Å². The molecule has 0 aromatic heterocycles. The molecule has 2 heteroatoms. The molecule has 0 fully saturated rings. The number of rotatable bonds is 8. The first kappa shape index (κ1) is 15.8. The maximum Gasteiger partial charge on any atom is 0.0601 e. The van der Waals surface area contributed by atoms with Gasteiger partial charge in [0.1, 0.15) is 0 Å². The Bertz CT molecular complexity index is 389. The molecule has 0 amide bonds. The molecular formula is C17H26N2. The van der Waals surface area contributed by atoms with Crippen LogP contribution in [0.4, 0.5) is 0 Å². The first-order valence-electron chi connectivity index (χ1n) is 7.10. The van der Waals surface area contributed by atoms with Crippen LogP contribution in [-0.2, 0) is 6.54 Å². The van der Waals surface area contributed by atoms with Gasteiger partial charge in [-0.1, -0.05) is 44.0 Å². The van der Waals surface area contributed by atoms with E-state index in [4.69, 9.17) is 6.42 Å². The van der Waals surface area contributed by atoms with Gasteiger partial charge in [-0.15, -0.1) is 6.42 Å². The fraction of sp³-hybridized carbons (Fsp3) is 0.529. The summed E-state index contributed by atoms with van der Waals surface area (Å²) in [6.45, 7) is 8.17. The summed E-state index contributed by atoms with van der Waals surface area (Å²) in [5.41, 5.74) is 2.72. The lowest BCUT2D eigenvalue weighted by molar-refractivity contribution is 0.299. The van der Waals surface area contributed by atoms with Gasteiger partial charge in [-0.25, -0.2) is 0 Å². The quantitative estimate of drug-likeness (QED) is 0.721. The number of likely N-dealkylation sites (N-methyl/N-ethyl adjacent to an activating group) is 1. The minimum Gasteiger partial charge on any atom is -0.319 e. The topological polar surface area (TPSA) is 15.3 Å². The highest BCUT2D eigenvalue weighted by Gasteiger charge is 2.06. The molecule has 2 nitrogen and oxygen atoms in total. The zero-order valence-electron chi connectivity index (χ0n) is 12.4. The summed E-state index contributed by atoms with van der Waals surface area (Å²) in [5, 5.41) is 3.22. The highest BCUT2D eigenvalue weighted by atomic mass is 15.1. The van der Waals surface area contributed by atoms with Gasteiger partial charge >= 0.3 is 0 Å². The maximum absolute atomic E-state index is 5.41. The van der Waals surface area contributed by atoms with Crippen molar-refractivity contribution in [3.05, 3.63) is 35.4 Å². The van der Waals surface area contributed by atoms with Crippen LogP contribution < -0.4 is 5.32 Å². The van der Waals surface area contributed by atoms with Crippen LogP contribution in [0.15, 0.2) is 24.3 Å². The largest absolute Gasteiger partial charge is 0.319 e. The van der Waals surface area contributed by atoms with Gasteiger partial charge in [0.05, 0.1) is 6.54 Å². The molecule has 0 saturated carbocycles. The van der Waals surface area contributed by atoms with E-state index in [1.807, 2.05) is 7.05 Å². The van der Waals surface area contributed by atoms with Crippen molar-refractivity contribution in [1.29, 1.82) is 0 Å². The van der Waals surface area contributed by atoms with Gasteiger partial charge in [-0.05, 0) is 37.1 Å². The Morgan fingerprint density at radius 2 is 2.00 bits per heavy atom. The van der Waals surface area contributed by atoms with Crippen molar-refractivity contribution in [2.75, 3.05) is 26.7 Å². The summed E-state index contributed by atoms with van der Waals surface area (Å²) in [5.74, 6) is 3.29. The summed E-state index contributed by atoms with van der Waals surface area (Å²) in [7, 11) is 1.99. The normalized spacial score (nSPS) is 12.4. The minimum absolute atomic E-state index is 0.552. The third-order valence-corrected chi connectivity index (χ3v) is 3.32. The number of benzene rings is 1. The molecule has 104 valence electrons. The summed E-state index contributed by atoms with van der Waals surface area (Å²) >= 11 is 0. The van der Waals surface area contributed by atoms with Gasteiger partial charge in [0, 0.05) is 13.1 Å². The van der Waals surface area contributed by atoms with E-state index >= 15 is 0 Å². The molecule has 1 N–H and O–H groups in total. The third-order valence-electron chi connectivity index (χ3n) is 3.32. The van der Waals surface area contributed by atoms with E-state index in [0.29, 0.717) is 5.92 Å². The lowest BCUT2D eigenvalue weighted by Gasteiger charge is -2.19. The molecule has 0 saturated heterocycles. The lowest BCUT2D eigenvalue weighted by atomic mass is 10.00. The molecule has 0 heterocycles. The van der Waals surface area contributed by atoms with Crippen LogP contribution in [0.2, 0.25) is 0 Å². The van der Waals surface area contributed by atoms with E-state index in [9.17, 15) is 0 Å². The van der Waals surface area contributed by atoms with E-state index in [0.717, 1.165) is 32.6 Å². The van der Waals surface area contributed by atoms with Crippen LogP contribution in [0.1, 0.15) is 37.3 Å². The molecule has 0 spiro atoms. The second-order valence-electron chi connectivity index (χ2n) is 5.12. The Morgan fingerprint density at radius 3 is 2.53 bits per heavy atom. The molecule has 1 atom stereocenters. The van der Waals surface area contributed by atoms with Gasteiger partial charge in [0.15, 0.2) is 0 Å². The summed E-state index contributed by atoms with van der Waals surface area (Å²) in [6, 6.07) is 8.91. The number of nitrogens with one attached hydrogen (secondary N) is 1. The van der Waals surface area contributed by atoms with Crippen LogP contribution in [0.5, 0.6) is 0 Å². The lowest BCUT2D eigenvalue weighted by Crippen LogP contribution is -2.24. The van der Waals surface area contributed by atoms with Crippen LogP contribution in [0.25, 0.3) is 0 Å². The summed E-state index contributed by atoms with van der Waals surface area (Å²) in [4.78, 5) is 2.31. The molecular weight excluding hydrogens is 232 g/mol. The van der Waals surface area contributed by atoms with Gasteiger partial charge in [0.2, 0.25) is 0 Å². The Morgan fingerprint density at radius 1 is 1.32 bits per heavy atom. The zero-order chi connectivity index (χ0) is 14.1. The van der Waals surface area contributed by atoms with E-state index in [2.05, 4.69) is 54.3 Å². The van der Waals surface area contributed by atoms with Crippen molar-refractivity contribution in [2.45, 2.75) is 32.7 Å². The average molecular weight is 258 g/mol. The molecule has 19 heavy (non-hydrogen) atoms. The standard InChI is InChI=1S/C17H26N2/c1-5-11-19(12-6-2)14-16-7-9-17(10-8-16)15(3)13-18-4/h1,7-10,15,18H,6,11-14H2,2-4H3. The second kappa shape index (κ2) is 8.74. The van der Waals surface area contributed by atoms with Crippen LogP contribution in [0.3, 0.4) is 0 Å². The van der Waals surface area contributed by atoms with E-state index in [1.165, 1.54) is 11.1 Å². The first-order chi connectivity index (χ1) is 9.21. The average Bonchev–Trinajstić information content (AvgIpc) is 2.40. The van der Waals surface area contributed by atoms with Crippen molar-refractivity contribution in [2.24, 2.45) is 0 Å². The fourth-order valence-corrected chi connectivity index (χ4v) is 2.29. The monoisotopic (exact) mass is 258 g/mol. The zero-order valence-corrected chi connectivity index (χ0v) is 12.4. The van der Waals surface area contributed by atoms with Gasteiger partial charge in [-0.2, -0.15) is 0 Å². The molecule has 0 bridgehead atoms. The number of nitrogens with zero attached hydrogens (tertiary/aromatic N) is 1.